The molecular weight excluding hydrogens is 288 g/mol. The number of nitrogens with zero attached hydrogens (tertiary/aromatic N) is 4. The molecule has 2 aromatic rings. The summed E-state index contributed by atoms with van der Waals surface area (Å²) < 4.78 is 1.66. The molecule has 0 aliphatic carbocycles. The number of likely N-dealkylation sites (N-methyl/N-ethyl adjacent to an activating group) is 2. The normalized spacial score (nSPS) is 19.4. The van der Waals surface area contributed by atoms with Gasteiger partial charge in [-0.3, -0.25) is 9.30 Å². The van der Waals surface area contributed by atoms with Gasteiger partial charge in [0.15, 0.2) is 16.5 Å². The van der Waals surface area contributed by atoms with Gasteiger partial charge in [-0.15, -0.1) is 11.3 Å². The minimum absolute atomic E-state index is 0.259. The summed E-state index contributed by atoms with van der Waals surface area (Å²) in [5.41, 5.74) is 0.259. The lowest BCUT2D eigenvalue weighted by atomic mass is 10.2. The first-order chi connectivity index (χ1) is 10.1. The summed E-state index contributed by atoms with van der Waals surface area (Å²) in [5, 5.41) is 11.3. The first kappa shape index (κ1) is 14.3. The number of aromatic carboxylic acids is 1. The van der Waals surface area contributed by atoms with Gasteiger partial charge < -0.3 is 10.0 Å². The Morgan fingerprint density at radius 2 is 2.43 bits per heavy atom. The minimum Gasteiger partial charge on any atom is -0.476 e. The van der Waals surface area contributed by atoms with Gasteiger partial charge in [0.25, 0.3) is 0 Å². The quantitative estimate of drug-likeness (QED) is 0.915. The van der Waals surface area contributed by atoms with Gasteiger partial charge >= 0.3 is 5.97 Å². The number of aromatic nitrogens is 2. The number of carbonyl (C=O) groups is 1. The maximum Gasteiger partial charge on any atom is 0.356 e. The number of imidazole rings is 1. The molecule has 7 heteroatoms. The van der Waals surface area contributed by atoms with Crippen LogP contribution in [-0.2, 0) is 0 Å². The highest BCUT2D eigenvalue weighted by Gasteiger charge is 2.28. The topological polar surface area (TPSA) is 61.1 Å². The van der Waals surface area contributed by atoms with Crippen molar-refractivity contribution in [3.05, 3.63) is 17.3 Å². The van der Waals surface area contributed by atoms with Crippen molar-refractivity contribution in [3.63, 3.8) is 0 Å². The monoisotopic (exact) mass is 308 g/mol. The molecule has 3 rings (SSSR count). The number of fused-ring (bicyclic) bond motifs is 1. The molecule has 0 radical (unpaired) electrons. The second-order valence-corrected chi connectivity index (χ2v) is 6.32. The van der Waals surface area contributed by atoms with E-state index in [0.29, 0.717) is 11.9 Å². The molecule has 6 nitrogen and oxygen atoms in total. The maximum absolute atomic E-state index is 11.6. The van der Waals surface area contributed by atoms with Gasteiger partial charge in [0, 0.05) is 31.2 Å². The van der Waals surface area contributed by atoms with Crippen molar-refractivity contribution in [2.24, 2.45) is 0 Å². The molecule has 0 bridgehead atoms. The first-order valence-electron chi connectivity index (χ1n) is 7.25. The van der Waals surface area contributed by atoms with E-state index in [0.717, 1.165) is 24.6 Å². The molecule has 21 heavy (non-hydrogen) atoms. The van der Waals surface area contributed by atoms with Crippen molar-refractivity contribution in [2.75, 3.05) is 31.6 Å². The van der Waals surface area contributed by atoms with Crippen molar-refractivity contribution < 1.29 is 9.90 Å². The SMILES string of the molecule is CCN1CCCC1CN(C)c1nc2sccn2c1C(=O)O. The average Bonchev–Trinajstić information content (AvgIpc) is 3.11. The molecule has 0 saturated carbocycles. The van der Waals surface area contributed by atoms with Gasteiger partial charge in [-0.2, -0.15) is 0 Å². The van der Waals surface area contributed by atoms with Crippen molar-refractivity contribution in [2.45, 2.75) is 25.8 Å². The number of likely N-dealkylation sites (tertiary alicyclic amines) is 1. The van der Waals surface area contributed by atoms with Gasteiger partial charge in [-0.25, -0.2) is 9.78 Å². The Labute approximate surface area is 127 Å². The van der Waals surface area contributed by atoms with E-state index in [1.54, 1.807) is 10.6 Å². The van der Waals surface area contributed by atoms with Crippen LogP contribution < -0.4 is 4.90 Å². The molecule has 0 aromatic carbocycles. The number of carboxylic acids is 1. The van der Waals surface area contributed by atoms with Gasteiger partial charge in [-0.05, 0) is 25.9 Å². The van der Waals surface area contributed by atoms with E-state index in [2.05, 4.69) is 16.8 Å². The van der Waals surface area contributed by atoms with Crippen LogP contribution in [0.4, 0.5) is 5.82 Å². The van der Waals surface area contributed by atoms with Gasteiger partial charge in [0.1, 0.15) is 0 Å². The standard InChI is InChI=1S/C14H20N4O2S/c1-3-17-6-4-5-10(17)9-16(2)12-11(13(19)20)18-7-8-21-14(18)15-12/h7-8,10H,3-6,9H2,1-2H3,(H,19,20). The second kappa shape index (κ2) is 5.65. The van der Waals surface area contributed by atoms with Gasteiger partial charge in [0.2, 0.25) is 0 Å². The smallest absolute Gasteiger partial charge is 0.356 e. The molecule has 114 valence electrons. The third-order valence-electron chi connectivity index (χ3n) is 4.20. The van der Waals surface area contributed by atoms with E-state index in [-0.39, 0.29) is 5.69 Å². The van der Waals surface area contributed by atoms with E-state index in [1.165, 1.54) is 24.2 Å². The molecule has 3 heterocycles. The van der Waals surface area contributed by atoms with Gasteiger partial charge in [0.05, 0.1) is 0 Å². The zero-order valence-corrected chi connectivity index (χ0v) is 13.1. The molecule has 1 saturated heterocycles. The number of hydrogen-bond acceptors (Lipinski definition) is 5. The van der Waals surface area contributed by atoms with E-state index < -0.39 is 5.97 Å². The summed E-state index contributed by atoms with van der Waals surface area (Å²) in [7, 11) is 1.94. The molecule has 1 aliphatic heterocycles. The third kappa shape index (κ3) is 2.51. The van der Waals surface area contributed by atoms with Crippen LogP contribution in [0.3, 0.4) is 0 Å². The summed E-state index contributed by atoms with van der Waals surface area (Å²) in [6, 6.07) is 0.487. The van der Waals surface area contributed by atoms with Crippen molar-refractivity contribution >= 4 is 28.1 Å². The highest BCUT2D eigenvalue weighted by Crippen LogP contribution is 2.26. The van der Waals surface area contributed by atoms with E-state index in [9.17, 15) is 9.90 Å². The van der Waals surface area contributed by atoms with Crippen LogP contribution in [0.2, 0.25) is 0 Å². The van der Waals surface area contributed by atoms with E-state index >= 15 is 0 Å². The molecule has 1 aliphatic rings. The summed E-state index contributed by atoms with van der Waals surface area (Å²) in [4.78, 5) is 21.2. The van der Waals surface area contributed by atoms with Crippen molar-refractivity contribution in [3.8, 4) is 0 Å². The largest absolute Gasteiger partial charge is 0.476 e. The fourth-order valence-corrected chi connectivity index (χ4v) is 3.87. The average molecular weight is 308 g/mol. The van der Waals surface area contributed by atoms with Crippen LogP contribution >= 0.6 is 11.3 Å². The lowest BCUT2D eigenvalue weighted by Crippen LogP contribution is -2.39. The molecule has 1 atom stereocenters. The van der Waals surface area contributed by atoms with Crippen molar-refractivity contribution in [1.29, 1.82) is 0 Å². The molecule has 0 amide bonds. The summed E-state index contributed by atoms with van der Waals surface area (Å²) in [5.74, 6) is -0.362. The number of anilines is 1. The molecule has 1 fully saturated rings. The number of carboxylic acid groups (broad SMARTS) is 1. The predicted molar refractivity (Wildman–Crippen MR) is 83.6 cm³/mol. The van der Waals surface area contributed by atoms with Crippen LogP contribution in [0.1, 0.15) is 30.3 Å². The Morgan fingerprint density at radius 1 is 1.62 bits per heavy atom. The lowest BCUT2D eigenvalue weighted by Gasteiger charge is -2.28. The van der Waals surface area contributed by atoms with Crippen LogP contribution in [0.5, 0.6) is 0 Å². The molecule has 0 spiro atoms. The third-order valence-corrected chi connectivity index (χ3v) is 4.95. The number of rotatable bonds is 5. The minimum atomic E-state index is -0.929. The maximum atomic E-state index is 11.6. The van der Waals surface area contributed by atoms with E-state index in [4.69, 9.17) is 0 Å². The fourth-order valence-electron chi connectivity index (χ4n) is 3.16. The van der Waals surface area contributed by atoms with Crippen molar-refractivity contribution in [1.82, 2.24) is 14.3 Å². The first-order valence-corrected chi connectivity index (χ1v) is 8.13. The summed E-state index contributed by atoms with van der Waals surface area (Å²) in [6.45, 7) is 5.17. The molecule has 1 unspecified atom stereocenters. The fraction of sp³-hybridized carbons (Fsp3) is 0.571. The zero-order chi connectivity index (χ0) is 15.0. The Hall–Kier alpha value is -1.60. The second-order valence-electron chi connectivity index (χ2n) is 5.45. The zero-order valence-electron chi connectivity index (χ0n) is 12.3. The van der Waals surface area contributed by atoms with Crippen LogP contribution in [0, 0.1) is 0 Å². The number of hydrogen-bond donors (Lipinski definition) is 1. The van der Waals surface area contributed by atoms with Gasteiger partial charge in [-0.1, -0.05) is 6.92 Å². The summed E-state index contributed by atoms with van der Waals surface area (Å²) in [6.07, 6.45) is 4.15. The van der Waals surface area contributed by atoms with Crippen LogP contribution in [0.15, 0.2) is 11.6 Å². The summed E-state index contributed by atoms with van der Waals surface area (Å²) >= 11 is 1.46. The predicted octanol–water partition coefficient (Wildman–Crippen LogP) is 2.01. The highest BCUT2D eigenvalue weighted by molar-refractivity contribution is 7.15. The Morgan fingerprint density at radius 3 is 3.14 bits per heavy atom. The molecule has 2 aromatic heterocycles. The van der Waals surface area contributed by atoms with Crippen LogP contribution in [-0.4, -0.2) is 58.1 Å². The highest BCUT2D eigenvalue weighted by atomic mass is 32.1. The lowest BCUT2D eigenvalue weighted by molar-refractivity contribution is 0.0690. The molecule has 1 N–H and O–H groups in total. The van der Waals surface area contributed by atoms with E-state index in [1.807, 2.05) is 17.3 Å². The van der Waals surface area contributed by atoms with Crippen LogP contribution in [0.25, 0.3) is 4.96 Å². The Kier molecular flexibility index (Phi) is 3.86. The number of thiazole rings is 1. The Balaban J connectivity index is 1.87. The molecular formula is C14H20N4O2S. The Bertz CT molecular complexity index is 650.